The first kappa shape index (κ1) is 20.7. The van der Waals surface area contributed by atoms with Crippen molar-refractivity contribution in [3.63, 3.8) is 0 Å². The standard InChI is InChI=1S/C19H16N4.C6H10O2/c1-12-8-15-9-14(6-7-16(15)20-10-12)18-19(22-11-21-18)17-5-3-4-13(2)23-17;1-4-2-5(3-4)6(7)8/h3-11H,1-2H3,(H,21,22);4-5H,2-3H2,1H3,(H,7,8). The van der Waals surface area contributed by atoms with Crippen LogP contribution in [0, 0.1) is 25.7 Å². The number of H-pyrrole nitrogens is 1. The van der Waals surface area contributed by atoms with E-state index >= 15 is 0 Å². The van der Waals surface area contributed by atoms with Crippen molar-refractivity contribution in [1.82, 2.24) is 19.9 Å². The summed E-state index contributed by atoms with van der Waals surface area (Å²) in [7, 11) is 0. The molecule has 1 aliphatic rings. The number of hydrogen-bond donors (Lipinski definition) is 2. The molecule has 2 N–H and O–H groups in total. The first-order valence-corrected chi connectivity index (χ1v) is 10.5. The number of rotatable bonds is 3. The molecule has 0 radical (unpaired) electrons. The Labute approximate surface area is 181 Å². The number of aromatic nitrogens is 4. The summed E-state index contributed by atoms with van der Waals surface area (Å²) in [6.07, 6.45) is 5.37. The van der Waals surface area contributed by atoms with Gasteiger partial charge in [0, 0.05) is 22.8 Å². The molecule has 0 amide bonds. The molecular weight excluding hydrogens is 388 g/mol. The molecule has 4 aromatic rings. The van der Waals surface area contributed by atoms with Gasteiger partial charge in [0.2, 0.25) is 0 Å². The van der Waals surface area contributed by atoms with Crippen molar-refractivity contribution >= 4 is 16.9 Å². The lowest BCUT2D eigenvalue weighted by molar-refractivity contribution is -0.146. The average molecular weight is 415 g/mol. The molecular formula is C25H26N4O2. The summed E-state index contributed by atoms with van der Waals surface area (Å²) < 4.78 is 0. The van der Waals surface area contributed by atoms with Gasteiger partial charge in [-0.3, -0.25) is 14.8 Å². The Morgan fingerprint density at radius 1 is 1.10 bits per heavy atom. The van der Waals surface area contributed by atoms with E-state index in [4.69, 9.17) is 5.11 Å². The average Bonchev–Trinajstić information content (AvgIpc) is 3.21. The second-order valence-electron chi connectivity index (χ2n) is 8.32. The second-order valence-corrected chi connectivity index (χ2v) is 8.32. The zero-order chi connectivity index (χ0) is 22.0. The van der Waals surface area contributed by atoms with E-state index in [2.05, 4.69) is 52.0 Å². The second kappa shape index (κ2) is 8.68. The van der Waals surface area contributed by atoms with E-state index in [-0.39, 0.29) is 5.92 Å². The number of nitrogens with zero attached hydrogens (tertiary/aromatic N) is 3. The number of imidazole rings is 1. The number of aryl methyl sites for hydroxylation is 2. The number of benzene rings is 1. The fraction of sp³-hybridized carbons (Fsp3) is 0.280. The molecule has 0 bridgehead atoms. The van der Waals surface area contributed by atoms with Crippen molar-refractivity contribution in [2.24, 2.45) is 11.8 Å². The van der Waals surface area contributed by atoms with Crippen LogP contribution in [0.1, 0.15) is 31.0 Å². The first-order chi connectivity index (χ1) is 14.9. The van der Waals surface area contributed by atoms with Crippen LogP contribution in [0.25, 0.3) is 33.5 Å². The van der Waals surface area contributed by atoms with Gasteiger partial charge in [0.15, 0.2) is 0 Å². The molecule has 1 fully saturated rings. The molecule has 0 spiro atoms. The Hall–Kier alpha value is -3.54. The van der Waals surface area contributed by atoms with Crippen molar-refractivity contribution in [2.45, 2.75) is 33.6 Å². The minimum Gasteiger partial charge on any atom is -0.481 e. The molecule has 6 nitrogen and oxygen atoms in total. The summed E-state index contributed by atoms with van der Waals surface area (Å²) in [6.45, 7) is 6.12. The Kier molecular flexibility index (Phi) is 5.80. The van der Waals surface area contributed by atoms with Gasteiger partial charge < -0.3 is 10.1 Å². The summed E-state index contributed by atoms with van der Waals surface area (Å²) in [6, 6.07) is 14.4. The molecule has 31 heavy (non-hydrogen) atoms. The molecule has 158 valence electrons. The molecule has 0 aliphatic heterocycles. The topological polar surface area (TPSA) is 91.8 Å². The van der Waals surface area contributed by atoms with Gasteiger partial charge in [-0.15, -0.1) is 0 Å². The van der Waals surface area contributed by atoms with Crippen LogP contribution in [0.4, 0.5) is 0 Å². The molecule has 1 aliphatic carbocycles. The molecule has 3 heterocycles. The predicted octanol–water partition coefficient (Wildman–Crippen LogP) is 5.42. The van der Waals surface area contributed by atoms with Crippen LogP contribution in [-0.2, 0) is 4.79 Å². The van der Waals surface area contributed by atoms with Crippen LogP contribution in [0.2, 0.25) is 0 Å². The maximum atomic E-state index is 10.1. The third-order valence-electron chi connectivity index (χ3n) is 5.60. The molecule has 1 saturated carbocycles. The number of carboxylic acid groups (broad SMARTS) is 1. The van der Waals surface area contributed by atoms with E-state index in [1.54, 1.807) is 6.33 Å². The van der Waals surface area contributed by atoms with Gasteiger partial charge in [-0.2, -0.15) is 0 Å². The minimum atomic E-state index is -0.622. The lowest BCUT2D eigenvalue weighted by Crippen LogP contribution is -2.28. The first-order valence-electron chi connectivity index (χ1n) is 10.5. The van der Waals surface area contributed by atoms with Crippen molar-refractivity contribution < 1.29 is 9.90 Å². The van der Waals surface area contributed by atoms with Crippen LogP contribution in [0.3, 0.4) is 0 Å². The Bertz CT molecular complexity index is 1230. The number of aliphatic carboxylic acids is 1. The summed E-state index contributed by atoms with van der Waals surface area (Å²) in [5.74, 6) is 0.00389. The number of carboxylic acids is 1. The van der Waals surface area contributed by atoms with E-state index in [9.17, 15) is 4.79 Å². The third-order valence-corrected chi connectivity index (χ3v) is 5.60. The van der Waals surface area contributed by atoms with E-state index in [0.29, 0.717) is 5.92 Å². The highest BCUT2D eigenvalue weighted by molar-refractivity contribution is 5.87. The van der Waals surface area contributed by atoms with E-state index in [1.807, 2.05) is 37.4 Å². The third kappa shape index (κ3) is 4.63. The van der Waals surface area contributed by atoms with Crippen molar-refractivity contribution in [1.29, 1.82) is 0 Å². The smallest absolute Gasteiger partial charge is 0.306 e. The zero-order valence-corrected chi connectivity index (χ0v) is 18.0. The fourth-order valence-electron chi connectivity index (χ4n) is 3.88. The quantitative estimate of drug-likeness (QED) is 0.467. The minimum absolute atomic E-state index is 0.0231. The van der Waals surface area contributed by atoms with Gasteiger partial charge in [0.25, 0.3) is 0 Å². The van der Waals surface area contributed by atoms with Crippen molar-refractivity contribution in [3.8, 4) is 22.6 Å². The summed E-state index contributed by atoms with van der Waals surface area (Å²) in [4.78, 5) is 26.9. The number of aromatic amines is 1. The van der Waals surface area contributed by atoms with E-state index in [1.165, 1.54) is 0 Å². The number of fused-ring (bicyclic) bond motifs is 1. The number of pyridine rings is 2. The monoisotopic (exact) mass is 414 g/mol. The number of carbonyl (C=O) groups is 1. The van der Waals surface area contributed by atoms with Gasteiger partial charge >= 0.3 is 5.97 Å². The van der Waals surface area contributed by atoms with Crippen LogP contribution in [0.15, 0.2) is 55.0 Å². The zero-order valence-electron chi connectivity index (χ0n) is 18.0. The SMILES string of the molecule is CC1CC(C(=O)O)C1.Cc1cnc2ccc(-c3nc[nH]c3-c3cccc(C)n3)cc2c1. The van der Waals surface area contributed by atoms with Gasteiger partial charge in [-0.25, -0.2) is 4.98 Å². The number of nitrogens with one attached hydrogen (secondary N) is 1. The van der Waals surface area contributed by atoms with Crippen LogP contribution >= 0.6 is 0 Å². The molecule has 3 aromatic heterocycles. The summed E-state index contributed by atoms with van der Waals surface area (Å²) in [5, 5.41) is 9.47. The Balaban J connectivity index is 0.000000245. The molecule has 6 heteroatoms. The normalized spacial score (nSPS) is 17.5. The highest BCUT2D eigenvalue weighted by Gasteiger charge is 2.30. The Morgan fingerprint density at radius 2 is 1.90 bits per heavy atom. The van der Waals surface area contributed by atoms with E-state index in [0.717, 1.165) is 57.6 Å². The summed E-state index contributed by atoms with van der Waals surface area (Å²) in [5.41, 5.74) is 6.94. The van der Waals surface area contributed by atoms with Gasteiger partial charge in [0.05, 0.1) is 34.8 Å². The lowest BCUT2D eigenvalue weighted by Gasteiger charge is -2.28. The van der Waals surface area contributed by atoms with Crippen LogP contribution in [0.5, 0.6) is 0 Å². The molecule has 1 aromatic carbocycles. The predicted molar refractivity (Wildman–Crippen MR) is 122 cm³/mol. The van der Waals surface area contributed by atoms with Gasteiger partial charge in [-0.05, 0) is 68.5 Å². The van der Waals surface area contributed by atoms with Crippen LogP contribution in [-0.4, -0.2) is 31.0 Å². The van der Waals surface area contributed by atoms with Crippen molar-refractivity contribution in [2.75, 3.05) is 0 Å². The number of hydrogen-bond acceptors (Lipinski definition) is 4. The van der Waals surface area contributed by atoms with Gasteiger partial charge in [-0.1, -0.05) is 19.1 Å². The maximum Gasteiger partial charge on any atom is 0.306 e. The molecule has 0 saturated heterocycles. The fourth-order valence-corrected chi connectivity index (χ4v) is 3.88. The van der Waals surface area contributed by atoms with Crippen LogP contribution < -0.4 is 0 Å². The van der Waals surface area contributed by atoms with Crippen molar-refractivity contribution in [3.05, 3.63) is 66.2 Å². The largest absolute Gasteiger partial charge is 0.481 e. The molecule has 0 unspecified atom stereocenters. The Morgan fingerprint density at radius 3 is 2.58 bits per heavy atom. The van der Waals surface area contributed by atoms with E-state index < -0.39 is 5.97 Å². The lowest BCUT2D eigenvalue weighted by atomic mass is 9.76. The highest BCUT2D eigenvalue weighted by Crippen LogP contribution is 2.32. The highest BCUT2D eigenvalue weighted by atomic mass is 16.4. The maximum absolute atomic E-state index is 10.1. The molecule has 0 atom stereocenters. The summed E-state index contributed by atoms with van der Waals surface area (Å²) >= 11 is 0. The molecule has 5 rings (SSSR count). The van der Waals surface area contributed by atoms with Gasteiger partial charge in [0.1, 0.15) is 0 Å².